The van der Waals surface area contributed by atoms with E-state index in [1.165, 1.54) is 9.80 Å². The van der Waals surface area contributed by atoms with E-state index in [9.17, 15) is 19.2 Å². The van der Waals surface area contributed by atoms with Crippen LogP contribution in [0.4, 0.5) is 0 Å². The largest absolute Gasteiger partial charge is 0.274 e. The van der Waals surface area contributed by atoms with E-state index in [2.05, 4.69) is 69.2 Å². The van der Waals surface area contributed by atoms with Crippen LogP contribution in [0.1, 0.15) is 143 Å². The van der Waals surface area contributed by atoms with Gasteiger partial charge in [-0.05, 0) is 83.4 Å². The van der Waals surface area contributed by atoms with E-state index < -0.39 is 0 Å². The van der Waals surface area contributed by atoms with Crippen molar-refractivity contribution in [2.75, 3.05) is 13.1 Å². The van der Waals surface area contributed by atoms with Crippen molar-refractivity contribution >= 4 is 34.4 Å². The molecule has 3 atom stereocenters. The number of hydrogen-bond acceptors (Lipinski definition) is 4. The summed E-state index contributed by atoms with van der Waals surface area (Å²) in [5, 5.41) is 0.891. The molecule has 0 radical (unpaired) electrons. The molecule has 2 aromatic rings. The zero-order valence-corrected chi connectivity index (χ0v) is 27.9. The lowest BCUT2D eigenvalue weighted by atomic mass is 9.59. The third kappa shape index (κ3) is 4.66. The Hall–Kier alpha value is -3.02. The van der Waals surface area contributed by atoms with Gasteiger partial charge in [0.05, 0.1) is 0 Å². The van der Waals surface area contributed by atoms with Crippen molar-refractivity contribution in [2.45, 2.75) is 101 Å². The monoisotopic (exact) mass is 586 g/mol. The van der Waals surface area contributed by atoms with E-state index in [1.807, 2.05) is 0 Å². The minimum atomic E-state index is -0.351. The number of hydrogen-bond donors (Lipinski definition) is 0. The minimum absolute atomic E-state index is 0.0145. The van der Waals surface area contributed by atoms with E-state index in [0.717, 1.165) is 25.7 Å². The fourth-order valence-electron chi connectivity index (χ4n) is 8.03. The fourth-order valence-corrected chi connectivity index (χ4v) is 8.03. The number of benzene rings is 2. The predicted molar refractivity (Wildman–Crippen MR) is 171 cm³/mol. The molecule has 2 aromatic carbocycles. The molecule has 232 valence electrons. The van der Waals surface area contributed by atoms with Crippen molar-refractivity contribution in [3.05, 3.63) is 46.5 Å². The molecule has 2 heterocycles. The quantitative estimate of drug-likeness (QED) is 0.248. The summed E-state index contributed by atoms with van der Waals surface area (Å²) in [4.78, 5) is 57.7. The lowest BCUT2D eigenvalue weighted by Crippen LogP contribution is -2.45. The molecule has 1 saturated carbocycles. The summed E-state index contributed by atoms with van der Waals surface area (Å²) in [5.41, 5.74) is 2.17. The Bertz CT molecular complexity index is 1460. The van der Waals surface area contributed by atoms with Crippen molar-refractivity contribution in [1.29, 1.82) is 0 Å². The SMILES string of the molecule is CCCC(C)(C)C(C)(C)C(C)CCN1C(=O)c2ccc3c4c(ccc(c24)C1=O)C(=O)N(CCC(C)C1(C)CC1(C)C)C3=O. The second-order valence-corrected chi connectivity index (χ2v) is 15.8. The molecular weight excluding hydrogens is 536 g/mol. The molecule has 3 unspecified atom stereocenters. The van der Waals surface area contributed by atoms with Gasteiger partial charge in [0.15, 0.2) is 0 Å². The average Bonchev–Trinajstić information content (AvgIpc) is 3.47. The van der Waals surface area contributed by atoms with Crippen LogP contribution in [0.3, 0.4) is 0 Å². The topological polar surface area (TPSA) is 74.8 Å². The Labute approximate surface area is 257 Å². The van der Waals surface area contributed by atoms with Gasteiger partial charge in [0.2, 0.25) is 0 Å². The van der Waals surface area contributed by atoms with Crippen LogP contribution in [0.5, 0.6) is 0 Å². The van der Waals surface area contributed by atoms with Crippen molar-refractivity contribution in [3.63, 3.8) is 0 Å². The normalized spacial score (nSPS) is 22.8. The van der Waals surface area contributed by atoms with Crippen LogP contribution in [0.15, 0.2) is 24.3 Å². The van der Waals surface area contributed by atoms with E-state index in [0.29, 0.717) is 58.5 Å². The Morgan fingerprint density at radius 3 is 1.44 bits per heavy atom. The number of rotatable bonds is 11. The molecule has 43 heavy (non-hydrogen) atoms. The first-order chi connectivity index (χ1) is 19.9. The van der Waals surface area contributed by atoms with Crippen LogP contribution in [-0.2, 0) is 0 Å². The highest BCUT2D eigenvalue weighted by Gasteiger charge is 2.59. The summed E-state index contributed by atoms with van der Waals surface area (Å²) in [7, 11) is 0. The molecule has 0 N–H and O–H groups in total. The number of nitrogens with zero attached hydrogens (tertiary/aromatic N) is 2. The summed E-state index contributed by atoms with van der Waals surface area (Å²) >= 11 is 0. The summed E-state index contributed by atoms with van der Waals surface area (Å²) < 4.78 is 0. The van der Waals surface area contributed by atoms with Gasteiger partial charge in [-0.3, -0.25) is 29.0 Å². The third-order valence-corrected chi connectivity index (χ3v) is 12.8. The maximum absolute atomic E-state index is 13.8. The minimum Gasteiger partial charge on any atom is -0.274 e. The zero-order chi connectivity index (χ0) is 31.9. The van der Waals surface area contributed by atoms with Crippen LogP contribution >= 0.6 is 0 Å². The molecular formula is C37H50N2O4. The molecule has 5 rings (SSSR count). The Kier molecular flexibility index (Phi) is 7.50. The van der Waals surface area contributed by atoms with Gasteiger partial charge < -0.3 is 0 Å². The van der Waals surface area contributed by atoms with Gasteiger partial charge in [0.25, 0.3) is 23.6 Å². The van der Waals surface area contributed by atoms with Gasteiger partial charge in [-0.25, -0.2) is 0 Å². The molecule has 0 spiro atoms. The van der Waals surface area contributed by atoms with E-state index in [4.69, 9.17) is 0 Å². The van der Waals surface area contributed by atoms with Crippen LogP contribution in [0, 0.1) is 33.5 Å². The van der Waals surface area contributed by atoms with Crippen LogP contribution < -0.4 is 0 Å². The molecule has 2 aliphatic heterocycles. The second-order valence-electron chi connectivity index (χ2n) is 15.8. The second kappa shape index (κ2) is 10.3. The van der Waals surface area contributed by atoms with E-state index >= 15 is 0 Å². The van der Waals surface area contributed by atoms with Crippen molar-refractivity contribution < 1.29 is 19.2 Å². The number of carbonyl (C=O) groups is 4. The van der Waals surface area contributed by atoms with Gasteiger partial charge >= 0.3 is 0 Å². The third-order valence-electron chi connectivity index (χ3n) is 12.8. The summed E-state index contributed by atoms with van der Waals surface area (Å²) in [6.45, 7) is 23.3. The zero-order valence-electron chi connectivity index (χ0n) is 27.9. The highest BCUT2D eigenvalue weighted by Crippen LogP contribution is 2.67. The van der Waals surface area contributed by atoms with E-state index in [1.54, 1.807) is 24.3 Å². The highest BCUT2D eigenvalue weighted by atomic mass is 16.2. The summed E-state index contributed by atoms with van der Waals surface area (Å²) in [6, 6.07) is 6.69. The molecule has 6 heteroatoms. The molecule has 0 bridgehead atoms. The Balaban J connectivity index is 1.40. The van der Waals surface area contributed by atoms with Gasteiger partial charge in [0.1, 0.15) is 0 Å². The van der Waals surface area contributed by atoms with Crippen LogP contribution in [-0.4, -0.2) is 46.5 Å². The van der Waals surface area contributed by atoms with E-state index in [-0.39, 0.29) is 51.2 Å². The number of amides is 4. The molecule has 3 aliphatic rings. The standard InChI is InChI=1S/C37H50N2O4/c1-11-18-34(4,5)36(8,9)22(2)16-19-38-30(40)24-12-14-26-29-27(15-13-25(28(24)29)31(38)41)33(43)39(32(26)42)20-17-23(3)37(10)21-35(37,6)7/h12-15,22-23H,11,16-21H2,1-10H3. The Morgan fingerprint density at radius 2 is 1.09 bits per heavy atom. The predicted octanol–water partition coefficient (Wildman–Crippen LogP) is 8.37. The molecule has 0 aromatic heterocycles. The van der Waals surface area contributed by atoms with Gasteiger partial charge in [-0.2, -0.15) is 0 Å². The first-order valence-corrected chi connectivity index (χ1v) is 16.2. The molecule has 6 nitrogen and oxygen atoms in total. The fraction of sp³-hybridized carbons (Fsp3) is 0.622. The lowest BCUT2D eigenvalue weighted by molar-refractivity contribution is 0.0283. The van der Waals surface area contributed by atoms with Gasteiger partial charge in [-0.1, -0.05) is 75.7 Å². The van der Waals surface area contributed by atoms with Crippen molar-refractivity contribution in [2.24, 2.45) is 33.5 Å². The first-order valence-electron chi connectivity index (χ1n) is 16.2. The van der Waals surface area contributed by atoms with Crippen molar-refractivity contribution in [1.82, 2.24) is 9.80 Å². The maximum Gasteiger partial charge on any atom is 0.261 e. The van der Waals surface area contributed by atoms with Gasteiger partial charge in [-0.15, -0.1) is 0 Å². The summed E-state index contributed by atoms with van der Waals surface area (Å²) in [5.74, 6) is -0.745. The molecule has 0 saturated heterocycles. The van der Waals surface area contributed by atoms with Crippen LogP contribution in [0.25, 0.3) is 10.8 Å². The smallest absolute Gasteiger partial charge is 0.261 e. The highest BCUT2D eigenvalue weighted by molar-refractivity contribution is 6.33. The Morgan fingerprint density at radius 1 is 0.721 bits per heavy atom. The number of carbonyl (C=O) groups excluding carboxylic acids is 4. The maximum atomic E-state index is 13.8. The van der Waals surface area contributed by atoms with Gasteiger partial charge in [0, 0.05) is 46.1 Å². The lowest BCUT2D eigenvalue weighted by Gasteiger charge is -2.46. The summed E-state index contributed by atoms with van der Waals surface area (Å²) in [6.07, 6.45) is 4.80. The average molecular weight is 587 g/mol. The molecule has 1 aliphatic carbocycles. The van der Waals surface area contributed by atoms with Crippen molar-refractivity contribution in [3.8, 4) is 0 Å². The molecule has 4 amide bonds. The molecule has 1 fully saturated rings. The number of imide groups is 2. The first kappa shape index (κ1) is 31.4. The van der Waals surface area contributed by atoms with Crippen LogP contribution in [0.2, 0.25) is 0 Å².